The molecule has 3 rings (SSSR count). The quantitative estimate of drug-likeness (QED) is 0.816. The van der Waals surface area contributed by atoms with Gasteiger partial charge in [-0.3, -0.25) is 14.4 Å². The van der Waals surface area contributed by atoms with Crippen molar-refractivity contribution < 1.29 is 24.2 Å². The molecule has 7 nitrogen and oxygen atoms in total. The molecule has 3 aliphatic rings. The van der Waals surface area contributed by atoms with Gasteiger partial charge in [0.2, 0.25) is 11.8 Å². The number of carboxylic acid groups (broad SMARTS) is 1. The standard InChI is InChI=1S/C17H26N2O5/c1-18-13(20)10-12(14(21)22)17(18)6-8-19(9-7-17)15(23)16(11-24-2)4-3-5-16/h12H,3-11H2,1-2H3,(H,21,22). The Balaban J connectivity index is 1.72. The highest BCUT2D eigenvalue weighted by Gasteiger charge is 2.56. The predicted molar refractivity (Wildman–Crippen MR) is 85.2 cm³/mol. The van der Waals surface area contributed by atoms with E-state index in [4.69, 9.17) is 4.74 Å². The van der Waals surface area contributed by atoms with Crippen molar-refractivity contribution in [3.05, 3.63) is 0 Å². The van der Waals surface area contributed by atoms with Crippen molar-refractivity contribution in [3.8, 4) is 0 Å². The highest BCUT2D eigenvalue weighted by atomic mass is 16.5. The van der Waals surface area contributed by atoms with E-state index in [-0.39, 0.29) is 23.7 Å². The lowest BCUT2D eigenvalue weighted by molar-refractivity contribution is -0.156. The number of hydrogen-bond acceptors (Lipinski definition) is 4. The summed E-state index contributed by atoms with van der Waals surface area (Å²) in [6.07, 6.45) is 3.88. The Bertz CT molecular complexity index is 549. The number of rotatable bonds is 4. The van der Waals surface area contributed by atoms with E-state index < -0.39 is 17.4 Å². The molecule has 134 valence electrons. The second kappa shape index (κ2) is 6.02. The first-order valence-electron chi connectivity index (χ1n) is 8.64. The fourth-order valence-corrected chi connectivity index (χ4v) is 4.72. The molecule has 0 aromatic rings. The van der Waals surface area contributed by atoms with Gasteiger partial charge >= 0.3 is 5.97 Å². The van der Waals surface area contributed by atoms with Crippen molar-refractivity contribution in [1.29, 1.82) is 0 Å². The zero-order valence-electron chi connectivity index (χ0n) is 14.4. The third kappa shape index (κ3) is 2.41. The number of methoxy groups -OCH3 is 1. The van der Waals surface area contributed by atoms with Crippen LogP contribution in [0.1, 0.15) is 38.5 Å². The van der Waals surface area contributed by atoms with Crippen LogP contribution in [0.15, 0.2) is 0 Å². The first kappa shape index (κ1) is 17.2. The predicted octanol–water partition coefficient (Wildman–Crippen LogP) is 0.727. The van der Waals surface area contributed by atoms with Crippen molar-refractivity contribution in [2.24, 2.45) is 11.3 Å². The number of piperidine rings is 1. The average Bonchev–Trinajstić information content (AvgIpc) is 2.76. The SMILES string of the molecule is COCC1(C(=O)N2CCC3(CC2)C(C(=O)O)CC(=O)N3C)CCC1. The number of carbonyl (C=O) groups excluding carboxylic acids is 2. The molecule has 1 aliphatic carbocycles. The average molecular weight is 338 g/mol. The third-order valence-corrected chi connectivity index (χ3v) is 6.47. The minimum atomic E-state index is -0.915. The summed E-state index contributed by atoms with van der Waals surface area (Å²) in [6, 6.07) is 0. The maximum absolute atomic E-state index is 12.9. The third-order valence-electron chi connectivity index (χ3n) is 6.47. The lowest BCUT2D eigenvalue weighted by atomic mass is 9.67. The second-order valence-corrected chi connectivity index (χ2v) is 7.51. The van der Waals surface area contributed by atoms with Gasteiger partial charge in [0.05, 0.1) is 23.5 Å². The number of nitrogens with zero attached hydrogens (tertiary/aromatic N) is 2. The van der Waals surface area contributed by atoms with Gasteiger partial charge in [0, 0.05) is 33.7 Å². The maximum atomic E-state index is 12.9. The molecule has 2 amide bonds. The van der Waals surface area contributed by atoms with E-state index >= 15 is 0 Å². The molecule has 1 spiro atoms. The first-order chi connectivity index (χ1) is 11.4. The molecule has 1 saturated carbocycles. The minimum absolute atomic E-state index is 0.0629. The normalized spacial score (nSPS) is 28.1. The van der Waals surface area contributed by atoms with Crippen molar-refractivity contribution in [3.63, 3.8) is 0 Å². The van der Waals surface area contributed by atoms with Gasteiger partial charge in [0.25, 0.3) is 0 Å². The summed E-state index contributed by atoms with van der Waals surface area (Å²) in [4.78, 5) is 40.0. The van der Waals surface area contributed by atoms with Gasteiger partial charge in [-0.25, -0.2) is 0 Å². The Morgan fingerprint density at radius 1 is 1.25 bits per heavy atom. The number of likely N-dealkylation sites (tertiary alicyclic amines) is 2. The van der Waals surface area contributed by atoms with E-state index in [1.165, 1.54) is 0 Å². The van der Waals surface area contributed by atoms with Gasteiger partial charge in [-0.2, -0.15) is 0 Å². The molecule has 1 atom stereocenters. The van der Waals surface area contributed by atoms with Crippen LogP contribution in [0.5, 0.6) is 0 Å². The first-order valence-corrected chi connectivity index (χ1v) is 8.64. The van der Waals surface area contributed by atoms with E-state index in [2.05, 4.69) is 0 Å². The molecular formula is C17H26N2O5. The van der Waals surface area contributed by atoms with E-state index in [0.29, 0.717) is 32.5 Å². The lowest BCUT2D eigenvalue weighted by Crippen LogP contribution is -2.59. The van der Waals surface area contributed by atoms with Crippen LogP contribution in [-0.4, -0.2) is 72.1 Å². The van der Waals surface area contributed by atoms with E-state index in [0.717, 1.165) is 19.3 Å². The fraction of sp³-hybridized carbons (Fsp3) is 0.824. The molecule has 2 heterocycles. The fourth-order valence-electron chi connectivity index (χ4n) is 4.72. The largest absolute Gasteiger partial charge is 0.481 e. The molecule has 1 unspecified atom stereocenters. The zero-order chi connectivity index (χ0) is 17.5. The molecule has 2 aliphatic heterocycles. The molecule has 1 N–H and O–H groups in total. The highest BCUT2D eigenvalue weighted by Crippen LogP contribution is 2.46. The maximum Gasteiger partial charge on any atom is 0.309 e. The van der Waals surface area contributed by atoms with Gasteiger partial charge in [0.15, 0.2) is 0 Å². The number of amides is 2. The van der Waals surface area contributed by atoms with Crippen LogP contribution in [0.25, 0.3) is 0 Å². The van der Waals surface area contributed by atoms with Gasteiger partial charge in [-0.15, -0.1) is 0 Å². The molecule has 0 bridgehead atoms. The summed E-state index contributed by atoms with van der Waals surface area (Å²) in [5.41, 5.74) is -1.03. The Morgan fingerprint density at radius 2 is 1.88 bits per heavy atom. The van der Waals surface area contributed by atoms with Crippen LogP contribution in [0.2, 0.25) is 0 Å². The van der Waals surface area contributed by atoms with Crippen LogP contribution in [0.3, 0.4) is 0 Å². The summed E-state index contributed by atoms with van der Waals surface area (Å²) in [5, 5.41) is 9.51. The van der Waals surface area contributed by atoms with Crippen LogP contribution < -0.4 is 0 Å². The smallest absolute Gasteiger partial charge is 0.309 e. The Labute approximate surface area is 141 Å². The topological polar surface area (TPSA) is 87.1 Å². The van der Waals surface area contributed by atoms with Gasteiger partial charge < -0.3 is 19.6 Å². The molecule has 3 fully saturated rings. The van der Waals surface area contributed by atoms with Gasteiger partial charge in [-0.05, 0) is 25.7 Å². The Morgan fingerprint density at radius 3 is 2.33 bits per heavy atom. The molecular weight excluding hydrogens is 312 g/mol. The molecule has 24 heavy (non-hydrogen) atoms. The van der Waals surface area contributed by atoms with Crippen LogP contribution in [-0.2, 0) is 19.1 Å². The van der Waals surface area contributed by atoms with Crippen molar-refractivity contribution in [2.45, 2.75) is 44.1 Å². The Kier molecular flexibility index (Phi) is 4.32. The van der Waals surface area contributed by atoms with Gasteiger partial charge in [0.1, 0.15) is 0 Å². The number of ether oxygens (including phenoxy) is 1. The Hall–Kier alpha value is -1.63. The monoisotopic (exact) mass is 338 g/mol. The van der Waals surface area contributed by atoms with Crippen molar-refractivity contribution in [2.75, 3.05) is 33.9 Å². The lowest BCUT2D eigenvalue weighted by Gasteiger charge is -2.49. The number of carboxylic acids is 1. The molecule has 0 aromatic heterocycles. The second-order valence-electron chi connectivity index (χ2n) is 7.51. The minimum Gasteiger partial charge on any atom is -0.481 e. The molecule has 2 saturated heterocycles. The molecule has 7 heteroatoms. The van der Waals surface area contributed by atoms with Crippen LogP contribution >= 0.6 is 0 Å². The summed E-state index contributed by atoms with van der Waals surface area (Å²) in [7, 11) is 3.32. The van der Waals surface area contributed by atoms with Crippen LogP contribution in [0.4, 0.5) is 0 Å². The van der Waals surface area contributed by atoms with Crippen LogP contribution in [0, 0.1) is 11.3 Å². The van der Waals surface area contributed by atoms with E-state index in [9.17, 15) is 19.5 Å². The molecule has 0 aromatic carbocycles. The van der Waals surface area contributed by atoms with Crippen molar-refractivity contribution in [1.82, 2.24) is 9.80 Å². The van der Waals surface area contributed by atoms with Gasteiger partial charge in [-0.1, -0.05) is 6.42 Å². The van der Waals surface area contributed by atoms with E-state index in [1.54, 1.807) is 19.1 Å². The van der Waals surface area contributed by atoms with Crippen molar-refractivity contribution >= 4 is 17.8 Å². The number of carbonyl (C=O) groups is 3. The summed E-state index contributed by atoms with van der Waals surface area (Å²) in [5.74, 6) is -1.58. The number of hydrogen-bond donors (Lipinski definition) is 1. The highest BCUT2D eigenvalue weighted by molar-refractivity contribution is 5.88. The summed E-state index contributed by atoms with van der Waals surface area (Å²) >= 11 is 0. The number of aliphatic carboxylic acids is 1. The summed E-state index contributed by atoms with van der Waals surface area (Å²) in [6.45, 7) is 1.46. The zero-order valence-corrected chi connectivity index (χ0v) is 14.4. The van der Waals surface area contributed by atoms with E-state index in [1.807, 2.05) is 4.90 Å². The summed E-state index contributed by atoms with van der Waals surface area (Å²) < 4.78 is 5.26. The molecule has 0 radical (unpaired) electrons.